The van der Waals surface area contributed by atoms with Gasteiger partial charge in [0.15, 0.2) is 5.82 Å². The summed E-state index contributed by atoms with van der Waals surface area (Å²) in [5, 5.41) is 18.3. The third kappa shape index (κ3) is 4.10. The van der Waals surface area contributed by atoms with Crippen LogP contribution in [0.1, 0.15) is 24.8 Å². The van der Waals surface area contributed by atoms with E-state index in [1.54, 1.807) is 12.1 Å². The number of nitrogen functional groups attached to an aromatic ring is 1. The van der Waals surface area contributed by atoms with Crippen molar-refractivity contribution in [2.45, 2.75) is 31.0 Å². The summed E-state index contributed by atoms with van der Waals surface area (Å²) >= 11 is 0. The minimum atomic E-state index is -0.940. The van der Waals surface area contributed by atoms with E-state index in [9.17, 15) is 13.9 Å². The highest BCUT2D eigenvalue weighted by atomic mass is 19.1. The van der Waals surface area contributed by atoms with Gasteiger partial charge in [-0.15, -0.1) is 6.42 Å². The monoisotopic (exact) mass is 570 g/mol. The predicted molar refractivity (Wildman–Crippen MR) is 153 cm³/mol. The van der Waals surface area contributed by atoms with Crippen LogP contribution < -0.4 is 10.5 Å². The number of nitrogens with zero attached hydrogens (tertiary/aromatic N) is 4. The van der Waals surface area contributed by atoms with Crippen LogP contribution >= 0.6 is 0 Å². The molecule has 0 spiro atoms. The highest BCUT2D eigenvalue weighted by Gasteiger charge is 2.49. The Balaban J connectivity index is 1.41. The zero-order chi connectivity index (χ0) is 29.2. The molecule has 2 aliphatic heterocycles. The molecule has 5 aromatic rings. The quantitative estimate of drug-likeness (QED) is 0.245. The molecule has 2 saturated heterocycles. The van der Waals surface area contributed by atoms with E-state index < -0.39 is 23.3 Å². The van der Waals surface area contributed by atoms with Crippen LogP contribution in [0.15, 0.2) is 42.5 Å². The molecule has 0 aliphatic carbocycles. The number of alkyl halides is 1. The van der Waals surface area contributed by atoms with E-state index in [4.69, 9.17) is 16.9 Å². The summed E-state index contributed by atoms with van der Waals surface area (Å²) in [5.74, 6) is 1.03. The number of rotatable bonds is 5. The maximum Gasteiger partial charge on any atom is 0.317 e. The summed E-state index contributed by atoms with van der Waals surface area (Å²) in [6, 6.07) is 10.0. The molecule has 3 aromatic carbocycles. The van der Waals surface area contributed by atoms with E-state index in [0.29, 0.717) is 35.1 Å². The van der Waals surface area contributed by atoms with Crippen molar-refractivity contribution in [3.63, 3.8) is 0 Å². The Morgan fingerprint density at radius 1 is 1.17 bits per heavy atom. The lowest BCUT2D eigenvalue weighted by atomic mass is 9.93. The topological polar surface area (TPSA) is 113 Å². The van der Waals surface area contributed by atoms with E-state index in [1.807, 2.05) is 0 Å². The number of benzene rings is 3. The summed E-state index contributed by atoms with van der Waals surface area (Å²) in [6.07, 6.45) is 6.76. The smallest absolute Gasteiger partial charge is 0.317 e. The number of nitrogens with two attached hydrogens (primary N) is 1. The first-order valence-corrected chi connectivity index (χ1v) is 13.5. The molecule has 42 heavy (non-hydrogen) atoms. The predicted octanol–water partition coefficient (Wildman–Crippen LogP) is 5.34. The molecule has 4 heterocycles. The van der Waals surface area contributed by atoms with E-state index in [2.05, 4.69) is 31.0 Å². The Morgan fingerprint density at radius 3 is 2.81 bits per heavy atom. The first-order valence-electron chi connectivity index (χ1n) is 13.5. The van der Waals surface area contributed by atoms with Gasteiger partial charge in [0, 0.05) is 35.4 Å². The van der Waals surface area contributed by atoms with Gasteiger partial charge in [0.05, 0.1) is 16.8 Å². The lowest BCUT2D eigenvalue weighted by Gasteiger charge is -2.30. The Labute approximate surface area is 238 Å². The fraction of sp³-hybridized carbons (Fsp3) is 0.258. The van der Waals surface area contributed by atoms with Gasteiger partial charge in [-0.1, -0.05) is 18.1 Å². The maximum atomic E-state index is 16.6. The van der Waals surface area contributed by atoms with Gasteiger partial charge < -0.3 is 15.6 Å². The molecule has 2 fully saturated rings. The first kappa shape index (κ1) is 26.1. The average Bonchev–Trinajstić information content (AvgIpc) is 3.65. The standard InChI is InChI=1S/C31H25F3N6O2/c1-2-19-23(33)7-4-16-10-18(41)11-22(26(16)19)20-5-6-21-28(24-12-25(35)39-38-24)36-30(37-29(21)27(20)34)42-15-31-8-3-9-40(31)14-17(32)13-31/h1,4-7,10-12,17,41H,3,8-9,13-15H2,(H3,35,38,39)/t17-,31+/m1/s1. The average molecular weight is 571 g/mol. The summed E-state index contributed by atoms with van der Waals surface area (Å²) in [4.78, 5) is 11.1. The number of halogens is 3. The molecule has 7 rings (SSSR count). The number of terminal acetylenes is 1. The van der Waals surface area contributed by atoms with Crippen molar-refractivity contribution in [3.8, 4) is 46.6 Å². The number of hydrogen-bond donors (Lipinski definition) is 3. The lowest BCUT2D eigenvalue weighted by molar-refractivity contribution is 0.107. The van der Waals surface area contributed by atoms with Crippen LogP contribution in [0.5, 0.6) is 11.8 Å². The minimum Gasteiger partial charge on any atom is -0.508 e. The Bertz CT molecular complexity index is 1940. The third-order valence-electron chi connectivity index (χ3n) is 8.36. The largest absolute Gasteiger partial charge is 0.508 e. The Hall–Kier alpha value is -4.82. The number of hydrogen-bond acceptors (Lipinski definition) is 7. The number of aromatic amines is 1. The van der Waals surface area contributed by atoms with Crippen molar-refractivity contribution in [2.75, 3.05) is 25.4 Å². The second-order valence-electron chi connectivity index (χ2n) is 10.9. The van der Waals surface area contributed by atoms with E-state index in [0.717, 1.165) is 19.4 Å². The van der Waals surface area contributed by atoms with Crippen LogP contribution in [-0.4, -0.2) is 61.6 Å². The number of aromatic nitrogens is 4. The summed E-state index contributed by atoms with van der Waals surface area (Å²) in [6.45, 7) is 1.29. The molecule has 2 atom stereocenters. The zero-order valence-electron chi connectivity index (χ0n) is 22.3. The van der Waals surface area contributed by atoms with Crippen LogP contribution in [0.4, 0.5) is 19.0 Å². The van der Waals surface area contributed by atoms with Gasteiger partial charge in [-0.3, -0.25) is 10.00 Å². The van der Waals surface area contributed by atoms with Crippen molar-refractivity contribution >= 4 is 27.5 Å². The molecule has 0 bridgehead atoms. The molecule has 4 N–H and O–H groups in total. The fourth-order valence-electron chi connectivity index (χ4n) is 6.50. The third-order valence-corrected chi connectivity index (χ3v) is 8.36. The SMILES string of the molecule is C#Cc1c(F)ccc2cc(O)cc(-c3ccc4c(-c5cc(N)n[nH]5)nc(OC[C@@]56CCCN5C[C@H](F)C6)nc4c3F)c12. The first-order chi connectivity index (χ1) is 20.3. The molecule has 0 unspecified atom stereocenters. The Kier molecular flexibility index (Phi) is 5.99. The number of aromatic hydroxyl groups is 1. The van der Waals surface area contributed by atoms with Crippen molar-refractivity contribution < 1.29 is 23.0 Å². The number of ether oxygens (including phenoxy) is 1. The van der Waals surface area contributed by atoms with Gasteiger partial charge >= 0.3 is 6.01 Å². The Morgan fingerprint density at radius 2 is 2.02 bits per heavy atom. The molecule has 0 amide bonds. The van der Waals surface area contributed by atoms with Gasteiger partial charge in [0.25, 0.3) is 0 Å². The van der Waals surface area contributed by atoms with Crippen LogP contribution in [-0.2, 0) is 0 Å². The molecule has 0 radical (unpaired) electrons. The summed E-state index contributed by atoms with van der Waals surface area (Å²) in [7, 11) is 0. The number of H-pyrrole nitrogens is 1. The number of nitrogens with one attached hydrogen (secondary N) is 1. The molecule has 8 nitrogen and oxygen atoms in total. The number of phenols is 1. The molecule has 2 aromatic heterocycles. The van der Waals surface area contributed by atoms with E-state index in [-0.39, 0.29) is 51.8 Å². The van der Waals surface area contributed by atoms with Crippen molar-refractivity contribution in [1.29, 1.82) is 0 Å². The van der Waals surface area contributed by atoms with Crippen molar-refractivity contribution in [1.82, 2.24) is 25.1 Å². The second kappa shape index (κ2) is 9.63. The highest BCUT2D eigenvalue weighted by molar-refractivity contribution is 6.04. The molecule has 11 heteroatoms. The molecule has 2 aliphatic rings. The second-order valence-corrected chi connectivity index (χ2v) is 10.9. The molecule has 0 saturated carbocycles. The van der Waals surface area contributed by atoms with Crippen LogP contribution in [0.2, 0.25) is 0 Å². The minimum absolute atomic E-state index is 0.0434. The summed E-state index contributed by atoms with van der Waals surface area (Å²) < 4.78 is 51.7. The van der Waals surface area contributed by atoms with Crippen LogP contribution in [0.25, 0.3) is 44.2 Å². The van der Waals surface area contributed by atoms with Crippen molar-refractivity contribution in [3.05, 3.63) is 59.7 Å². The molecular formula is C31H25F3N6O2. The number of anilines is 1. The zero-order valence-corrected chi connectivity index (χ0v) is 22.3. The van der Waals surface area contributed by atoms with E-state index >= 15 is 4.39 Å². The fourth-order valence-corrected chi connectivity index (χ4v) is 6.50. The normalized spacial score (nSPS) is 20.3. The van der Waals surface area contributed by atoms with Crippen molar-refractivity contribution in [2.24, 2.45) is 0 Å². The van der Waals surface area contributed by atoms with Gasteiger partial charge in [-0.05, 0) is 54.6 Å². The number of phenolic OH excluding ortho intramolecular Hbond substituents is 1. The van der Waals surface area contributed by atoms with Gasteiger partial charge in [0.1, 0.15) is 41.4 Å². The number of fused-ring (bicyclic) bond motifs is 3. The van der Waals surface area contributed by atoms with Gasteiger partial charge in [0.2, 0.25) is 0 Å². The molecular weight excluding hydrogens is 545 g/mol. The van der Waals surface area contributed by atoms with Gasteiger partial charge in [-0.2, -0.15) is 15.1 Å². The van der Waals surface area contributed by atoms with E-state index in [1.165, 1.54) is 30.3 Å². The van der Waals surface area contributed by atoms with Crippen LogP contribution in [0.3, 0.4) is 0 Å². The molecule has 212 valence electrons. The summed E-state index contributed by atoms with van der Waals surface area (Å²) in [5.41, 5.74) is 6.21. The maximum absolute atomic E-state index is 16.6. The van der Waals surface area contributed by atoms with Gasteiger partial charge in [-0.25, -0.2) is 13.2 Å². The lowest BCUT2D eigenvalue weighted by Crippen LogP contribution is -2.43. The highest BCUT2D eigenvalue weighted by Crippen LogP contribution is 2.42. The van der Waals surface area contributed by atoms with Crippen LogP contribution in [0, 0.1) is 24.0 Å².